The van der Waals surface area contributed by atoms with Gasteiger partial charge in [-0.25, -0.2) is 4.39 Å². The summed E-state index contributed by atoms with van der Waals surface area (Å²) >= 11 is 12.0. The smallest absolute Gasteiger partial charge is 0.545 e. The van der Waals surface area contributed by atoms with Gasteiger partial charge in [-0.2, -0.15) is 0 Å². The summed E-state index contributed by atoms with van der Waals surface area (Å²) in [5, 5.41) is 22.4. The van der Waals surface area contributed by atoms with Gasteiger partial charge in [-0.05, 0) is 48.4 Å². The van der Waals surface area contributed by atoms with Crippen molar-refractivity contribution in [3.05, 3.63) is 98.9 Å². The van der Waals surface area contributed by atoms with E-state index in [0.29, 0.717) is 50.8 Å². The number of carboxylic acids is 1. The molecule has 9 heteroatoms. The van der Waals surface area contributed by atoms with Gasteiger partial charge in [0.25, 0.3) is 0 Å². The van der Waals surface area contributed by atoms with Crippen LogP contribution < -0.4 is 39.4 Å². The van der Waals surface area contributed by atoms with Crippen LogP contribution in [-0.2, 0) is 19.6 Å². The van der Waals surface area contributed by atoms with Crippen LogP contribution in [0.25, 0.3) is 10.9 Å². The Morgan fingerprint density at radius 3 is 2.47 bits per heavy atom. The Balaban J connectivity index is 0.00000324. The predicted molar refractivity (Wildman–Crippen MR) is 123 cm³/mol. The Labute approximate surface area is 228 Å². The SMILES string of the molecule is O=C([O-])c1cccc2c1c(CCO)cn2Cc1cc(Cl)ccc1OCc1ccc(Cl)cc1F.[Na+]. The number of aromatic carboxylic acids is 1. The molecule has 170 valence electrons. The van der Waals surface area contributed by atoms with Gasteiger partial charge in [-0.3, -0.25) is 0 Å². The van der Waals surface area contributed by atoms with Crippen molar-refractivity contribution in [2.45, 2.75) is 19.6 Å². The summed E-state index contributed by atoms with van der Waals surface area (Å²) in [7, 11) is 0. The third-order valence-corrected chi connectivity index (χ3v) is 5.82. The van der Waals surface area contributed by atoms with Crippen LogP contribution in [0.3, 0.4) is 0 Å². The van der Waals surface area contributed by atoms with Crippen LogP contribution in [0.4, 0.5) is 4.39 Å². The maximum absolute atomic E-state index is 14.2. The van der Waals surface area contributed by atoms with E-state index in [-0.39, 0.29) is 48.3 Å². The van der Waals surface area contributed by atoms with E-state index in [1.54, 1.807) is 48.7 Å². The minimum atomic E-state index is -1.28. The molecule has 0 radical (unpaired) electrons. The number of ether oxygens (including phenoxy) is 1. The van der Waals surface area contributed by atoms with Gasteiger partial charge in [0.05, 0.1) is 12.5 Å². The summed E-state index contributed by atoms with van der Waals surface area (Å²) in [6.45, 7) is 0.185. The zero-order valence-corrected chi connectivity index (χ0v) is 21.9. The molecule has 0 aliphatic heterocycles. The second-order valence-electron chi connectivity index (χ2n) is 7.52. The third kappa shape index (κ3) is 5.77. The molecule has 0 saturated carbocycles. The molecule has 0 amide bonds. The molecule has 0 aliphatic carbocycles. The molecule has 1 heterocycles. The van der Waals surface area contributed by atoms with Gasteiger partial charge in [0.1, 0.15) is 18.2 Å². The standard InChI is InChI=1S/C25H20Cl2FNO4.Na/c26-18-6-7-23(33-14-16-4-5-19(27)11-21(16)28)17(10-18)13-29-12-15(8-9-30)24-20(25(31)32)2-1-3-22(24)29;/h1-7,10-12,30H,8-9,13-14H2,(H,31,32);/q;+1/p-1. The van der Waals surface area contributed by atoms with E-state index in [0.717, 1.165) is 5.56 Å². The topological polar surface area (TPSA) is 74.5 Å². The third-order valence-electron chi connectivity index (χ3n) is 5.35. The number of carbonyl (C=O) groups is 1. The normalized spacial score (nSPS) is 10.8. The number of aliphatic hydroxyl groups excluding tert-OH is 1. The molecule has 0 saturated heterocycles. The maximum atomic E-state index is 14.2. The van der Waals surface area contributed by atoms with Gasteiger partial charge in [-0.15, -0.1) is 0 Å². The first-order chi connectivity index (χ1) is 15.9. The number of benzene rings is 3. The molecule has 1 aromatic heterocycles. The van der Waals surface area contributed by atoms with Crippen molar-refractivity contribution >= 4 is 40.1 Å². The van der Waals surface area contributed by atoms with Crippen LogP contribution in [0.2, 0.25) is 10.0 Å². The van der Waals surface area contributed by atoms with Crippen molar-refractivity contribution in [2.24, 2.45) is 0 Å². The van der Waals surface area contributed by atoms with E-state index in [1.807, 2.05) is 4.57 Å². The van der Waals surface area contributed by atoms with E-state index in [1.165, 1.54) is 12.1 Å². The van der Waals surface area contributed by atoms with Crippen LogP contribution in [0, 0.1) is 5.82 Å². The number of halogens is 3. The van der Waals surface area contributed by atoms with Gasteiger partial charge in [0.15, 0.2) is 0 Å². The van der Waals surface area contributed by atoms with Crippen LogP contribution in [-0.4, -0.2) is 22.2 Å². The summed E-state index contributed by atoms with van der Waals surface area (Å²) in [5.41, 5.74) is 2.52. The Morgan fingerprint density at radius 1 is 1.03 bits per heavy atom. The first kappa shape index (κ1) is 26.5. The molecule has 0 aliphatic rings. The molecule has 5 nitrogen and oxygen atoms in total. The van der Waals surface area contributed by atoms with E-state index in [2.05, 4.69) is 0 Å². The van der Waals surface area contributed by atoms with E-state index in [4.69, 9.17) is 27.9 Å². The molecule has 0 atom stereocenters. The molecule has 4 aromatic rings. The van der Waals surface area contributed by atoms with Crippen LogP contribution in [0.5, 0.6) is 5.75 Å². The number of hydrogen-bond acceptors (Lipinski definition) is 4. The number of aliphatic hydroxyl groups is 1. The van der Waals surface area contributed by atoms with Crippen molar-refractivity contribution in [1.82, 2.24) is 4.57 Å². The number of aromatic nitrogens is 1. The number of rotatable bonds is 8. The van der Waals surface area contributed by atoms with Crippen molar-refractivity contribution in [3.8, 4) is 5.75 Å². The maximum Gasteiger partial charge on any atom is 1.00 e. The summed E-state index contributed by atoms with van der Waals surface area (Å²) < 4.78 is 21.9. The monoisotopic (exact) mass is 509 g/mol. The first-order valence-electron chi connectivity index (χ1n) is 10.2. The van der Waals surface area contributed by atoms with E-state index < -0.39 is 11.8 Å². The number of fused-ring (bicyclic) bond motifs is 1. The molecular formula is C25H19Cl2FNNaO4. The molecule has 34 heavy (non-hydrogen) atoms. The van der Waals surface area contributed by atoms with Crippen LogP contribution in [0.15, 0.2) is 60.8 Å². The zero-order valence-electron chi connectivity index (χ0n) is 18.4. The quantitative estimate of drug-likeness (QED) is 0.366. The number of hydrogen-bond donors (Lipinski definition) is 1. The summed E-state index contributed by atoms with van der Waals surface area (Å²) in [6.07, 6.45) is 2.10. The van der Waals surface area contributed by atoms with Crippen LogP contribution >= 0.6 is 23.2 Å². The van der Waals surface area contributed by atoms with Crippen molar-refractivity contribution < 1.29 is 53.7 Å². The van der Waals surface area contributed by atoms with Crippen molar-refractivity contribution in [2.75, 3.05) is 6.61 Å². The minimum Gasteiger partial charge on any atom is -0.545 e. The second kappa shape index (κ2) is 11.6. The molecular weight excluding hydrogens is 491 g/mol. The molecule has 0 spiro atoms. The van der Waals surface area contributed by atoms with Gasteiger partial charge in [0, 0.05) is 50.4 Å². The largest absolute Gasteiger partial charge is 1.00 e. The van der Waals surface area contributed by atoms with Gasteiger partial charge in [-0.1, -0.05) is 41.4 Å². The van der Waals surface area contributed by atoms with Gasteiger partial charge >= 0.3 is 29.6 Å². The summed E-state index contributed by atoms with van der Waals surface area (Å²) in [4.78, 5) is 11.6. The van der Waals surface area contributed by atoms with E-state index >= 15 is 0 Å². The first-order valence-corrected chi connectivity index (χ1v) is 10.9. The number of nitrogens with zero attached hydrogens (tertiary/aromatic N) is 1. The average Bonchev–Trinajstić information content (AvgIpc) is 3.12. The molecule has 1 N–H and O–H groups in total. The Bertz CT molecular complexity index is 1340. The summed E-state index contributed by atoms with van der Waals surface area (Å²) in [6, 6.07) is 14.4. The number of carboxylic acid groups (broad SMARTS) is 1. The van der Waals surface area contributed by atoms with Crippen LogP contribution in [0.1, 0.15) is 27.0 Å². The van der Waals surface area contributed by atoms with Crippen molar-refractivity contribution in [3.63, 3.8) is 0 Å². The van der Waals surface area contributed by atoms with Crippen molar-refractivity contribution in [1.29, 1.82) is 0 Å². The molecule has 4 rings (SSSR count). The Morgan fingerprint density at radius 2 is 1.76 bits per heavy atom. The Kier molecular flexibility index (Phi) is 9.04. The molecule has 0 fully saturated rings. The molecule has 3 aromatic carbocycles. The fourth-order valence-corrected chi connectivity index (χ4v) is 4.19. The predicted octanol–water partition coefficient (Wildman–Crippen LogP) is 1.62. The van der Waals surface area contributed by atoms with Gasteiger partial charge in [0.2, 0.25) is 0 Å². The fraction of sp³-hybridized carbons (Fsp3) is 0.160. The number of carbonyl (C=O) groups excluding carboxylic acids is 1. The van der Waals surface area contributed by atoms with Gasteiger partial charge < -0.3 is 24.3 Å². The zero-order chi connectivity index (χ0) is 23.5. The minimum absolute atomic E-state index is 0. The average molecular weight is 510 g/mol. The second-order valence-corrected chi connectivity index (χ2v) is 8.39. The Hall–Kier alpha value is -2.06. The summed E-state index contributed by atoms with van der Waals surface area (Å²) in [5.74, 6) is -1.23. The molecule has 0 bridgehead atoms. The van der Waals surface area contributed by atoms with E-state index in [9.17, 15) is 19.4 Å². The fourth-order valence-electron chi connectivity index (χ4n) is 3.84. The molecule has 0 unspecified atom stereocenters.